The number of aliphatic hydroxyl groups is 1. The second-order valence-corrected chi connectivity index (χ2v) is 7.03. The van der Waals surface area contributed by atoms with Crippen LogP contribution in [0.4, 0.5) is 0 Å². The number of aliphatic hydroxyl groups excluding tert-OH is 1. The van der Waals surface area contributed by atoms with E-state index in [4.69, 9.17) is 65.3 Å². The summed E-state index contributed by atoms with van der Waals surface area (Å²) in [7, 11) is 1.00. The van der Waals surface area contributed by atoms with Gasteiger partial charge in [-0.05, 0) is 19.9 Å². The van der Waals surface area contributed by atoms with E-state index in [2.05, 4.69) is 4.98 Å². The van der Waals surface area contributed by atoms with Crippen LogP contribution < -0.4 is 4.52 Å². The molecule has 0 amide bonds. The van der Waals surface area contributed by atoms with Crippen LogP contribution in [0, 0.1) is 0 Å². The first-order valence-corrected chi connectivity index (χ1v) is 9.15. The van der Waals surface area contributed by atoms with Gasteiger partial charge in [0, 0.05) is 18.9 Å². The molecule has 1 aromatic rings. The highest BCUT2D eigenvalue weighted by Gasteiger charge is 2.24. The maximum absolute atomic E-state index is 7.00. The molecule has 20 heavy (non-hydrogen) atoms. The molecule has 0 unspecified atom stereocenters. The third-order valence-corrected chi connectivity index (χ3v) is 4.97. The van der Waals surface area contributed by atoms with Crippen LogP contribution in [0.25, 0.3) is 0 Å². The van der Waals surface area contributed by atoms with Gasteiger partial charge in [0.05, 0.1) is 18.2 Å². The number of hydrogen-bond acceptors (Lipinski definition) is 6. The summed E-state index contributed by atoms with van der Waals surface area (Å²) in [6.45, 7) is 1.37. The van der Waals surface area contributed by atoms with Crippen molar-refractivity contribution in [2.45, 2.75) is 13.8 Å². The number of pyridine rings is 1. The van der Waals surface area contributed by atoms with E-state index in [-0.39, 0.29) is 21.1 Å². The van der Waals surface area contributed by atoms with Crippen LogP contribution in [-0.2, 0) is 20.9 Å². The maximum Gasteiger partial charge on any atom is 0.381 e. The zero-order valence-corrected chi connectivity index (χ0v) is 15.1. The molecule has 0 spiro atoms. The SMILES string of the molecule is CCOP(=S)(OCC)Oc1nc(Cl)c(Cl)cc1Cl.CO. The lowest BCUT2D eigenvalue weighted by Crippen LogP contribution is -2.03. The standard InChI is InChI=1S/C9H11Cl3NO3PS.CH4O/c1-3-14-17(18,15-4-2)16-9-7(11)5-6(10)8(12)13-9;1-2/h5H,3-4H2,1-2H3;2H,1H3. The van der Waals surface area contributed by atoms with E-state index >= 15 is 0 Å². The van der Waals surface area contributed by atoms with Crippen LogP contribution in [0.2, 0.25) is 15.2 Å². The molecule has 0 fully saturated rings. The summed E-state index contributed by atoms with van der Waals surface area (Å²) in [6, 6.07) is 1.42. The molecule has 1 aromatic heterocycles. The minimum absolute atomic E-state index is 0.0521. The Hall–Kier alpha value is 0.350. The second-order valence-electron chi connectivity index (χ2n) is 2.92. The largest absolute Gasteiger partial charge is 0.404 e. The zero-order chi connectivity index (χ0) is 15.8. The number of aromatic nitrogens is 1. The first-order valence-electron chi connectivity index (χ1n) is 5.46. The van der Waals surface area contributed by atoms with Gasteiger partial charge in [-0.3, -0.25) is 9.05 Å². The van der Waals surface area contributed by atoms with Crippen LogP contribution >= 0.6 is 41.5 Å². The Morgan fingerprint density at radius 1 is 1.15 bits per heavy atom. The Morgan fingerprint density at radius 2 is 1.65 bits per heavy atom. The molecule has 0 aliphatic rings. The van der Waals surface area contributed by atoms with Crippen molar-refractivity contribution < 1.29 is 18.7 Å². The predicted octanol–water partition coefficient (Wildman–Crippen LogP) is 4.33. The minimum atomic E-state index is -2.92. The van der Waals surface area contributed by atoms with Crippen LogP contribution in [0.3, 0.4) is 0 Å². The summed E-state index contributed by atoms with van der Waals surface area (Å²) in [5, 5.41) is 7.50. The smallest absolute Gasteiger partial charge is 0.381 e. The molecule has 5 nitrogen and oxygen atoms in total. The summed E-state index contributed by atoms with van der Waals surface area (Å²) in [6.07, 6.45) is 0. The van der Waals surface area contributed by atoms with E-state index in [1.54, 1.807) is 13.8 Å². The topological polar surface area (TPSA) is 60.8 Å². The van der Waals surface area contributed by atoms with Gasteiger partial charge in [0.15, 0.2) is 5.15 Å². The lowest BCUT2D eigenvalue weighted by molar-refractivity contribution is 0.216. The van der Waals surface area contributed by atoms with Gasteiger partial charge < -0.3 is 9.63 Å². The van der Waals surface area contributed by atoms with Crippen LogP contribution in [0.1, 0.15) is 13.8 Å². The Morgan fingerprint density at radius 3 is 2.10 bits per heavy atom. The predicted molar refractivity (Wildman–Crippen MR) is 85.6 cm³/mol. The molecule has 0 saturated carbocycles. The van der Waals surface area contributed by atoms with Crippen molar-refractivity contribution >= 4 is 53.3 Å². The van der Waals surface area contributed by atoms with Crippen molar-refractivity contribution in [3.63, 3.8) is 0 Å². The highest BCUT2D eigenvalue weighted by Crippen LogP contribution is 2.51. The van der Waals surface area contributed by atoms with E-state index in [0.29, 0.717) is 13.2 Å². The molecule has 1 N–H and O–H groups in total. The Labute approximate surface area is 138 Å². The average molecular weight is 383 g/mol. The van der Waals surface area contributed by atoms with Crippen molar-refractivity contribution in [2.75, 3.05) is 20.3 Å². The van der Waals surface area contributed by atoms with Gasteiger partial charge in [-0.15, -0.1) is 0 Å². The van der Waals surface area contributed by atoms with E-state index in [1.807, 2.05) is 0 Å². The van der Waals surface area contributed by atoms with Crippen molar-refractivity contribution in [1.82, 2.24) is 4.98 Å². The third-order valence-electron chi connectivity index (χ3n) is 1.63. The van der Waals surface area contributed by atoms with Crippen LogP contribution in [0.15, 0.2) is 6.07 Å². The average Bonchev–Trinajstić information content (AvgIpc) is 2.39. The van der Waals surface area contributed by atoms with Crippen LogP contribution in [-0.4, -0.2) is 30.4 Å². The molecule has 0 bridgehead atoms. The molecule has 0 radical (unpaired) electrons. The summed E-state index contributed by atoms with van der Waals surface area (Å²) < 4.78 is 16.1. The fourth-order valence-electron chi connectivity index (χ4n) is 1.00. The molecular weight excluding hydrogens is 368 g/mol. The van der Waals surface area contributed by atoms with E-state index in [1.165, 1.54) is 6.07 Å². The molecule has 0 atom stereocenters. The van der Waals surface area contributed by atoms with E-state index in [0.717, 1.165) is 7.11 Å². The summed E-state index contributed by atoms with van der Waals surface area (Å²) >= 11 is 22.7. The molecule has 10 heteroatoms. The lowest BCUT2D eigenvalue weighted by atomic mass is 10.5. The molecule has 0 saturated heterocycles. The normalized spacial score (nSPS) is 10.8. The van der Waals surface area contributed by atoms with E-state index in [9.17, 15) is 0 Å². The first kappa shape index (κ1) is 20.3. The monoisotopic (exact) mass is 381 g/mol. The zero-order valence-electron chi connectivity index (χ0n) is 11.1. The quantitative estimate of drug-likeness (QED) is 0.584. The highest BCUT2D eigenvalue weighted by molar-refractivity contribution is 8.07. The molecule has 0 aromatic carbocycles. The Bertz CT molecular complexity index is 468. The molecule has 1 rings (SSSR count). The van der Waals surface area contributed by atoms with Gasteiger partial charge in [-0.1, -0.05) is 34.8 Å². The van der Waals surface area contributed by atoms with Crippen molar-refractivity contribution in [2.24, 2.45) is 0 Å². The fraction of sp³-hybridized carbons (Fsp3) is 0.500. The highest BCUT2D eigenvalue weighted by atomic mass is 35.5. The summed E-state index contributed by atoms with van der Waals surface area (Å²) in [5.41, 5.74) is 0. The van der Waals surface area contributed by atoms with Crippen LogP contribution in [0.5, 0.6) is 5.88 Å². The van der Waals surface area contributed by atoms with Crippen molar-refractivity contribution in [3.8, 4) is 5.88 Å². The lowest BCUT2D eigenvalue weighted by Gasteiger charge is -2.20. The number of nitrogens with zero attached hydrogens (tertiary/aromatic N) is 1. The van der Waals surface area contributed by atoms with Gasteiger partial charge in [-0.25, -0.2) is 0 Å². The van der Waals surface area contributed by atoms with Crippen molar-refractivity contribution in [1.29, 1.82) is 0 Å². The number of hydrogen-bond donors (Lipinski definition) is 1. The Kier molecular flexibility index (Phi) is 10.3. The van der Waals surface area contributed by atoms with Gasteiger partial charge in [0.1, 0.15) is 5.02 Å². The van der Waals surface area contributed by atoms with Gasteiger partial charge in [0.25, 0.3) is 0 Å². The van der Waals surface area contributed by atoms with Gasteiger partial charge in [-0.2, -0.15) is 4.98 Å². The second kappa shape index (κ2) is 10.1. The molecule has 0 aliphatic carbocycles. The van der Waals surface area contributed by atoms with Gasteiger partial charge >= 0.3 is 6.72 Å². The molecule has 116 valence electrons. The maximum atomic E-state index is 7.00. The summed E-state index contributed by atoms with van der Waals surface area (Å²) in [4.78, 5) is 3.90. The Balaban J connectivity index is 0.00000172. The first-order chi connectivity index (χ1) is 9.41. The number of halogens is 3. The fourth-order valence-corrected chi connectivity index (χ4v) is 3.59. The van der Waals surface area contributed by atoms with E-state index < -0.39 is 6.72 Å². The van der Waals surface area contributed by atoms with Crippen molar-refractivity contribution in [3.05, 3.63) is 21.3 Å². The molecular formula is C10H15Cl3NO4PS. The molecule has 1 heterocycles. The number of rotatable bonds is 6. The minimum Gasteiger partial charge on any atom is -0.404 e. The molecule has 0 aliphatic heterocycles. The summed E-state index contributed by atoms with van der Waals surface area (Å²) in [5.74, 6) is 0.0521. The third kappa shape index (κ3) is 6.41. The van der Waals surface area contributed by atoms with Gasteiger partial charge in [0.2, 0.25) is 5.88 Å².